The van der Waals surface area contributed by atoms with Crippen LogP contribution in [0.1, 0.15) is 5.56 Å². The molecule has 0 radical (unpaired) electrons. The Labute approximate surface area is 123 Å². The quantitative estimate of drug-likeness (QED) is 0.928. The van der Waals surface area contributed by atoms with Crippen molar-refractivity contribution in [3.05, 3.63) is 17.3 Å². The van der Waals surface area contributed by atoms with Crippen molar-refractivity contribution >= 4 is 27.4 Å². The molecule has 0 bridgehead atoms. The molecule has 1 N–H and O–H groups in total. The average molecular weight is 291 g/mol. The molecule has 1 aliphatic rings. The number of nitrogens with one attached hydrogen (secondary N) is 1. The van der Waals surface area contributed by atoms with Gasteiger partial charge in [0.05, 0.1) is 10.2 Å². The van der Waals surface area contributed by atoms with Crippen LogP contribution >= 0.6 is 11.3 Å². The molecule has 3 heterocycles. The van der Waals surface area contributed by atoms with Gasteiger partial charge in [-0.25, -0.2) is 9.97 Å². The van der Waals surface area contributed by atoms with Crippen molar-refractivity contribution < 1.29 is 0 Å². The van der Waals surface area contributed by atoms with Gasteiger partial charge < -0.3 is 10.2 Å². The number of thiophene rings is 1. The zero-order chi connectivity index (χ0) is 13.9. The van der Waals surface area contributed by atoms with Crippen LogP contribution in [-0.4, -0.2) is 66.1 Å². The van der Waals surface area contributed by atoms with E-state index in [1.807, 2.05) is 0 Å². The first-order valence-electron chi connectivity index (χ1n) is 7.07. The lowest BCUT2D eigenvalue weighted by atomic mass is 10.3. The van der Waals surface area contributed by atoms with Gasteiger partial charge in [0.1, 0.15) is 12.1 Å². The van der Waals surface area contributed by atoms with Gasteiger partial charge in [0.25, 0.3) is 0 Å². The Morgan fingerprint density at radius 3 is 2.85 bits per heavy atom. The largest absolute Gasteiger partial charge is 0.367 e. The molecule has 1 aliphatic heterocycles. The van der Waals surface area contributed by atoms with Gasteiger partial charge in [0, 0.05) is 39.3 Å². The fraction of sp³-hybridized carbons (Fsp3) is 0.571. The van der Waals surface area contributed by atoms with E-state index in [0.29, 0.717) is 0 Å². The normalized spacial score (nSPS) is 17.7. The van der Waals surface area contributed by atoms with Crippen LogP contribution in [0.15, 0.2) is 11.7 Å². The fourth-order valence-corrected chi connectivity index (χ4v) is 3.47. The topological polar surface area (TPSA) is 44.3 Å². The minimum absolute atomic E-state index is 0.937. The summed E-state index contributed by atoms with van der Waals surface area (Å²) in [4.78, 5) is 13.6. The molecule has 0 atom stereocenters. The predicted octanol–water partition coefficient (Wildman–Crippen LogP) is 1.66. The lowest BCUT2D eigenvalue weighted by Crippen LogP contribution is -2.45. The maximum absolute atomic E-state index is 4.38. The molecule has 108 valence electrons. The summed E-state index contributed by atoms with van der Waals surface area (Å²) in [6, 6.07) is 0. The third-order valence-electron chi connectivity index (χ3n) is 3.85. The predicted molar refractivity (Wildman–Crippen MR) is 84.6 cm³/mol. The second-order valence-corrected chi connectivity index (χ2v) is 6.27. The Balaban J connectivity index is 1.57. The van der Waals surface area contributed by atoms with Gasteiger partial charge in [-0.2, -0.15) is 0 Å². The van der Waals surface area contributed by atoms with Crippen LogP contribution in [-0.2, 0) is 0 Å². The molecule has 0 aromatic carbocycles. The highest BCUT2D eigenvalue weighted by atomic mass is 32.1. The van der Waals surface area contributed by atoms with Crippen LogP contribution in [0, 0.1) is 6.92 Å². The molecule has 20 heavy (non-hydrogen) atoms. The van der Waals surface area contributed by atoms with Crippen molar-refractivity contribution in [2.75, 3.05) is 51.6 Å². The van der Waals surface area contributed by atoms with E-state index in [2.05, 4.69) is 44.4 Å². The molecule has 0 amide bonds. The number of piperazine rings is 1. The molecule has 2 aromatic rings. The summed E-state index contributed by atoms with van der Waals surface area (Å²) in [6.45, 7) is 8.77. The molecule has 0 aliphatic carbocycles. The third kappa shape index (κ3) is 2.92. The first-order chi connectivity index (χ1) is 9.74. The van der Waals surface area contributed by atoms with Crippen molar-refractivity contribution in [3.8, 4) is 0 Å². The Kier molecular flexibility index (Phi) is 4.14. The van der Waals surface area contributed by atoms with Crippen LogP contribution in [0.5, 0.6) is 0 Å². The van der Waals surface area contributed by atoms with Crippen LogP contribution in [0.4, 0.5) is 5.82 Å². The summed E-state index contributed by atoms with van der Waals surface area (Å²) in [5, 5.41) is 5.61. The number of hydrogen-bond donors (Lipinski definition) is 1. The number of aryl methyl sites for hydroxylation is 1. The molecule has 0 unspecified atom stereocenters. The minimum Gasteiger partial charge on any atom is -0.367 e. The Bertz CT molecular complexity index is 574. The molecular weight excluding hydrogens is 270 g/mol. The Morgan fingerprint density at radius 2 is 2.05 bits per heavy atom. The summed E-state index contributed by atoms with van der Waals surface area (Å²) < 4.78 is 1.17. The van der Waals surface area contributed by atoms with E-state index in [-0.39, 0.29) is 0 Å². The van der Waals surface area contributed by atoms with Gasteiger partial charge in [-0.05, 0) is 24.9 Å². The monoisotopic (exact) mass is 291 g/mol. The molecule has 0 spiro atoms. The SMILES string of the molecule is Cc1csc2c(NCCN3CCN(C)CC3)ncnc12. The molecule has 1 fully saturated rings. The van der Waals surface area contributed by atoms with E-state index in [4.69, 9.17) is 0 Å². The second kappa shape index (κ2) is 6.03. The van der Waals surface area contributed by atoms with Crippen molar-refractivity contribution in [1.82, 2.24) is 19.8 Å². The van der Waals surface area contributed by atoms with Crippen LogP contribution < -0.4 is 5.32 Å². The number of hydrogen-bond acceptors (Lipinski definition) is 6. The van der Waals surface area contributed by atoms with Crippen molar-refractivity contribution in [1.29, 1.82) is 0 Å². The van der Waals surface area contributed by atoms with E-state index in [1.165, 1.54) is 23.4 Å². The van der Waals surface area contributed by atoms with E-state index in [9.17, 15) is 0 Å². The number of rotatable bonds is 4. The molecule has 3 rings (SSSR count). The van der Waals surface area contributed by atoms with Gasteiger partial charge in [-0.3, -0.25) is 4.90 Å². The van der Waals surface area contributed by atoms with Crippen molar-refractivity contribution in [3.63, 3.8) is 0 Å². The second-order valence-electron chi connectivity index (χ2n) is 5.39. The maximum Gasteiger partial charge on any atom is 0.147 e. The Morgan fingerprint density at radius 1 is 1.25 bits per heavy atom. The minimum atomic E-state index is 0.937. The number of fused-ring (bicyclic) bond motifs is 1. The number of anilines is 1. The smallest absolute Gasteiger partial charge is 0.147 e. The summed E-state index contributed by atoms with van der Waals surface area (Å²) in [7, 11) is 2.19. The zero-order valence-corrected chi connectivity index (χ0v) is 12.9. The zero-order valence-electron chi connectivity index (χ0n) is 12.1. The molecule has 0 saturated carbocycles. The molecule has 5 nitrogen and oxygen atoms in total. The van der Waals surface area contributed by atoms with E-state index in [0.717, 1.165) is 37.5 Å². The lowest BCUT2D eigenvalue weighted by Gasteiger charge is -2.32. The molecule has 6 heteroatoms. The first kappa shape index (κ1) is 13.7. The summed E-state index contributed by atoms with van der Waals surface area (Å²) in [5.74, 6) is 0.974. The van der Waals surface area contributed by atoms with E-state index >= 15 is 0 Å². The summed E-state index contributed by atoms with van der Waals surface area (Å²) >= 11 is 1.72. The van der Waals surface area contributed by atoms with Crippen LogP contribution in [0.25, 0.3) is 10.2 Å². The lowest BCUT2D eigenvalue weighted by molar-refractivity contribution is 0.158. The van der Waals surface area contributed by atoms with Gasteiger partial charge >= 0.3 is 0 Å². The van der Waals surface area contributed by atoms with Gasteiger partial charge in [0.2, 0.25) is 0 Å². The third-order valence-corrected chi connectivity index (χ3v) is 4.94. The molecule has 2 aromatic heterocycles. The van der Waals surface area contributed by atoms with Crippen LogP contribution in [0.3, 0.4) is 0 Å². The highest BCUT2D eigenvalue weighted by Crippen LogP contribution is 2.28. The van der Waals surface area contributed by atoms with E-state index in [1.54, 1.807) is 17.7 Å². The number of likely N-dealkylation sites (N-methyl/N-ethyl adjacent to an activating group) is 1. The van der Waals surface area contributed by atoms with E-state index < -0.39 is 0 Å². The fourth-order valence-electron chi connectivity index (χ4n) is 2.50. The number of nitrogens with zero attached hydrogens (tertiary/aromatic N) is 4. The van der Waals surface area contributed by atoms with Crippen molar-refractivity contribution in [2.24, 2.45) is 0 Å². The summed E-state index contributed by atoms with van der Waals surface area (Å²) in [6.07, 6.45) is 1.65. The molecular formula is C14H21N5S. The van der Waals surface area contributed by atoms with Gasteiger partial charge in [-0.1, -0.05) is 0 Å². The number of aromatic nitrogens is 2. The van der Waals surface area contributed by atoms with Gasteiger partial charge in [0.15, 0.2) is 0 Å². The van der Waals surface area contributed by atoms with Crippen molar-refractivity contribution in [2.45, 2.75) is 6.92 Å². The maximum atomic E-state index is 4.38. The molecule has 1 saturated heterocycles. The van der Waals surface area contributed by atoms with Gasteiger partial charge in [-0.15, -0.1) is 11.3 Å². The average Bonchev–Trinajstić information content (AvgIpc) is 2.84. The Hall–Kier alpha value is -1.24. The highest BCUT2D eigenvalue weighted by Gasteiger charge is 2.13. The standard InChI is InChI=1S/C14H21N5S/c1-11-9-20-13-12(11)16-10-17-14(13)15-3-4-19-7-5-18(2)6-8-19/h9-10H,3-8H2,1-2H3,(H,15,16,17). The highest BCUT2D eigenvalue weighted by molar-refractivity contribution is 7.18. The summed E-state index contributed by atoms with van der Waals surface area (Å²) in [5.41, 5.74) is 2.31. The van der Waals surface area contributed by atoms with Crippen LogP contribution in [0.2, 0.25) is 0 Å². The first-order valence-corrected chi connectivity index (χ1v) is 7.95.